The van der Waals surface area contributed by atoms with Crippen molar-refractivity contribution in [2.24, 2.45) is 5.92 Å². The molecule has 0 aromatic rings. The van der Waals surface area contributed by atoms with Gasteiger partial charge < -0.3 is 9.47 Å². The Labute approximate surface area is 86.4 Å². The van der Waals surface area contributed by atoms with E-state index in [2.05, 4.69) is 11.8 Å². The van der Waals surface area contributed by atoms with Crippen LogP contribution < -0.4 is 0 Å². The lowest BCUT2D eigenvalue weighted by molar-refractivity contribution is -0.120. The maximum absolute atomic E-state index is 5.59. The Morgan fingerprint density at radius 3 is 2.86 bits per heavy atom. The number of rotatable bonds is 3. The molecule has 0 spiro atoms. The van der Waals surface area contributed by atoms with Crippen molar-refractivity contribution in [1.82, 2.24) is 4.90 Å². The van der Waals surface area contributed by atoms with Gasteiger partial charge in [0.25, 0.3) is 0 Å². The van der Waals surface area contributed by atoms with E-state index in [1.165, 1.54) is 19.4 Å². The van der Waals surface area contributed by atoms with E-state index in [1.54, 1.807) is 7.11 Å². The molecule has 0 bridgehead atoms. The molecule has 0 amide bonds. The van der Waals surface area contributed by atoms with Crippen molar-refractivity contribution in [2.45, 2.75) is 38.5 Å². The highest BCUT2D eigenvalue weighted by molar-refractivity contribution is 4.81. The van der Waals surface area contributed by atoms with Crippen molar-refractivity contribution in [3.05, 3.63) is 0 Å². The van der Waals surface area contributed by atoms with Gasteiger partial charge in [0.15, 0.2) is 6.29 Å². The van der Waals surface area contributed by atoms with Crippen LogP contribution in [-0.2, 0) is 9.47 Å². The first kappa shape index (κ1) is 10.4. The molecule has 3 nitrogen and oxygen atoms in total. The van der Waals surface area contributed by atoms with Crippen LogP contribution in [0, 0.1) is 5.92 Å². The molecule has 2 atom stereocenters. The van der Waals surface area contributed by atoms with E-state index in [1.807, 2.05) is 0 Å². The fourth-order valence-electron chi connectivity index (χ4n) is 2.08. The summed E-state index contributed by atoms with van der Waals surface area (Å²) < 4.78 is 10.9. The van der Waals surface area contributed by atoms with Crippen molar-refractivity contribution in [1.29, 1.82) is 0 Å². The second kappa shape index (κ2) is 4.60. The van der Waals surface area contributed by atoms with Gasteiger partial charge in [-0.1, -0.05) is 0 Å². The first-order valence-corrected chi connectivity index (χ1v) is 5.68. The van der Waals surface area contributed by atoms with Gasteiger partial charge in [-0.2, -0.15) is 0 Å². The highest BCUT2D eigenvalue weighted by atomic mass is 16.7. The van der Waals surface area contributed by atoms with E-state index in [-0.39, 0.29) is 6.29 Å². The van der Waals surface area contributed by atoms with Gasteiger partial charge in [-0.05, 0) is 25.7 Å². The lowest BCUT2D eigenvalue weighted by Crippen LogP contribution is -2.36. The van der Waals surface area contributed by atoms with E-state index in [4.69, 9.17) is 9.47 Å². The fraction of sp³-hybridized carbons (Fsp3) is 1.00. The molecule has 0 aromatic carbocycles. The Bertz CT molecular complexity index is 182. The highest BCUT2D eigenvalue weighted by Gasteiger charge is 2.29. The van der Waals surface area contributed by atoms with E-state index in [9.17, 15) is 0 Å². The third-order valence-corrected chi connectivity index (χ3v) is 3.29. The van der Waals surface area contributed by atoms with Crippen LogP contribution in [0.2, 0.25) is 0 Å². The first-order valence-electron chi connectivity index (χ1n) is 5.68. The van der Waals surface area contributed by atoms with E-state index in [0.717, 1.165) is 25.5 Å². The highest BCUT2D eigenvalue weighted by Crippen LogP contribution is 2.31. The summed E-state index contributed by atoms with van der Waals surface area (Å²) in [6.07, 6.45) is 3.87. The Kier molecular flexibility index (Phi) is 3.42. The van der Waals surface area contributed by atoms with Crippen molar-refractivity contribution in [3.8, 4) is 0 Å². The van der Waals surface area contributed by atoms with Gasteiger partial charge in [-0.15, -0.1) is 0 Å². The molecule has 2 aliphatic rings. The third-order valence-electron chi connectivity index (χ3n) is 3.29. The first-order chi connectivity index (χ1) is 6.79. The second-order valence-corrected chi connectivity index (χ2v) is 4.56. The molecule has 0 aromatic heterocycles. The second-order valence-electron chi connectivity index (χ2n) is 4.56. The van der Waals surface area contributed by atoms with Crippen molar-refractivity contribution < 1.29 is 9.47 Å². The van der Waals surface area contributed by atoms with Crippen molar-refractivity contribution in [2.75, 3.05) is 26.8 Å². The molecule has 0 N–H and O–H groups in total. The average molecular weight is 199 g/mol. The Hall–Kier alpha value is -0.120. The molecule has 1 heterocycles. The SMILES string of the molecule is CO[C@H]1C[C@@H](C)N(CC2CC2)CCO1. The van der Waals surface area contributed by atoms with E-state index >= 15 is 0 Å². The molecule has 1 saturated heterocycles. The molecule has 2 rings (SSSR count). The summed E-state index contributed by atoms with van der Waals surface area (Å²) in [5, 5.41) is 0. The molecule has 0 unspecified atom stereocenters. The predicted molar refractivity (Wildman–Crippen MR) is 55.1 cm³/mol. The Balaban J connectivity index is 1.83. The van der Waals surface area contributed by atoms with Crippen molar-refractivity contribution >= 4 is 0 Å². The normalized spacial score (nSPS) is 35.6. The van der Waals surface area contributed by atoms with Crippen LogP contribution in [-0.4, -0.2) is 44.0 Å². The van der Waals surface area contributed by atoms with Crippen LogP contribution in [0.5, 0.6) is 0 Å². The number of methoxy groups -OCH3 is 1. The van der Waals surface area contributed by atoms with E-state index in [0.29, 0.717) is 6.04 Å². The number of nitrogens with zero attached hydrogens (tertiary/aromatic N) is 1. The Morgan fingerprint density at radius 1 is 1.43 bits per heavy atom. The smallest absolute Gasteiger partial charge is 0.158 e. The molecular weight excluding hydrogens is 178 g/mol. The molecule has 14 heavy (non-hydrogen) atoms. The lowest BCUT2D eigenvalue weighted by Gasteiger charge is -2.26. The quantitative estimate of drug-likeness (QED) is 0.687. The van der Waals surface area contributed by atoms with Gasteiger partial charge in [0.05, 0.1) is 6.61 Å². The van der Waals surface area contributed by atoms with Gasteiger partial charge in [0.1, 0.15) is 0 Å². The van der Waals surface area contributed by atoms with Crippen LogP contribution >= 0.6 is 0 Å². The molecule has 1 aliphatic heterocycles. The lowest BCUT2D eigenvalue weighted by atomic mass is 10.2. The van der Waals surface area contributed by atoms with Crippen LogP contribution in [0.1, 0.15) is 26.2 Å². The number of hydrogen-bond acceptors (Lipinski definition) is 3. The van der Waals surface area contributed by atoms with E-state index < -0.39 is 0 Å². The standard InChI is InChI=1S/C11H21NO2/c1-9-7-11(13-2)14-6-5-12(9)8-10-3-4-10/h9-11H,3-8H2,1-2H3/t9-,11-/m1/s1. The minimum atomic E-state index is 0.00852. The van der Waals surface area contributed by atoms with Gasteiger partial charge in [-0.25, -0.2) is 0 Å². The van der Waals surface area contributed by atoms with Crippen LogP contribution in [0.25, 0.3) is 0 Å². The summed E-state index contributed by atoms with van der Waals surface area (Å²) in [5.74, 6) is 0.969. The maximum Gasteiger partial charge on any atom is 0.158 e. The molecule has 1 saturated carbocycles. The summed E-state index contributed by atoms with van der Waals surface area (Å²) in [4.78, 5) is 2.55. The van der Waals surface area contributed by atoms with Crippen LogP contribution in [0.4, 0.5) is 0 Å². The summed E-state index contributed by atoms with van der Waals surface area (Å²) in [6, 6.07) is 0.600. The zero-order chi connectivity index (χ0) is 9.97. The monoisotopic (exact) mass is 199 g/mol. The molecule has 2 fully saturated rings. The maximum atomic E-state index is 5.59. The molecule has 1 aliphatic carbocycles. The average Bonchev–Trinajstić information content (AvgIpc) is 2.97. The zero-order valence-corrected chi connectivity index (χ0v) is 9.24. The molecule has 82 valence electrons. The van der Waals surface area contributed by atoms with Gasteiger partial charge in [-0.3, -0.25) is 4.90 Å². The zero-order valence-electron chi connectivity index (χ0n) is 9.24. The topological polar surface area (TPSA) is 21.7 Å². The third kappa shape index (κ3) is 2.69. The summed E-state index contributed by atoms with van der Waals surface area (Å²) in [6.45, 7) is 5.43. The summed E-state index contributed by atoms with van der Waals surface area (Å²) in [7, 11) is 1.73. The Morgan fingerprint density at radius 2 is 2.21 bits per heavy atom. The van der Waals surface area contributed by atoms with Gasteiger partial charge in [0, 0.05) is 32.7 Å². The minimum absolute atomic E-state index is 0.00852. The van der Waals surface area contributed by atoms with Crippen LogP contribution in [0.3, 0.4) is 0 Å². The van der Waals surface area contributed by atoms with Crippen molar-refractivity contribution in [3.63, 3.8) is 0 Å². The largest absolute Gasteiger partial charge is 0.356 e. The molecule has 3 heteroatoms. The summed E-state index contributed by atoms with van der Waals surface area (Å²) >= 11 is 0. The minimum Gasteiger partial charge on any atom is -0.356 e. The fourth-order valence-corrected chi connectivity index (χ4v) is 2.08. The van der Waals surface area contributed by atoms with Gasteiger partial charge in [0.2, 0.25) is 0 Å². The molecule has 0 radical (unpaired) electrons. The summed E-state index contributed by atoms with van der Waals surface area (Å²) in [5.41, 5.74) is 0. The van der Waals surface area contributed by atoms with Gasteiger partial charge >= 0.3 is 0 Å². The number of hydrogen-bond donors (Lipinski definition) is 0. The molecular formula is C11H21NO2. The number of ether oxygens (including phenoxy) is 2. The predicted octanol–water partition coefficient (Wildman–Crippen LogP) is 1.48. The van der Waals surface area contributed by atoms with Crippen LogP contribution in [0.15, 0.2) is 0 Å².